The van der Waals surface area contributed by atoms with E-state index in [1.54, 1.807) is 41.6 Å². The van der Waals surface area contributed by atoms with Crippen molar-refractivity contribution in [3.63, 3.8) is 0 Å². The molecule has 0 spiro atoms. The Bertz CT molecular complexity index is 1750. The fourth-order valence-electron chi connectivity index (χ4n) is 4.58. The number of nitrogens with one attached hydrogen (secondary N) is 3. The molecular weight excluding hydrogens is 505 g/mol. The smallest absolute Gasteiger partial charge is 0.123 e. The van der Waals surface area contributed by atoms with Crippen LogP contribution in [0.15, 0.2) is 61.2 Å². The molecule has 0 bridgehead atoms. The van der Waals surface area contributed by atoms with Gasteiger partial charge in [-0.05, 0) is 48.1 Å². The summed E-state index contributed by atoms with van der Waals surface area (Å²) < 4.78 is 25.4. The summed E-state index contributed by atoms with van der Waals surface area (Å²) in [6, 6.07) is 10.6. The molecule has 1 fully saturated rings. The first-order valence-corrected chi connectivity index (χ1v) is 13.2. The minimum Gasteiger partial charge on any atom is -0.383 e. The number of rotatable bonds is 8. The molecule has 5 aromatic rings. The molecule has 3 aromatic heterocycles. The first kappa shape index (κ1) is 24.3. The van der Waals surface area contributed by atoms with Crippen LogP contribution >= 0.6 is 0 Å². The number of aromatic nitrogens is 6. The summed E-state index contributed by atoms with van der Waals surface area (Å²) >= 11 is 0. The lowest BCUT2D eigenvalue weighted by molar-refractivity contribution is 0.443. The highest BCUT2D eigenvalue weighted by Crippen LogP contribution is 2.39. The van der Waals surface area contributed by atoms with E-state index in [4.69, 9.17) is 0 Å². The van der Waals surface area contributed by atoms with Crippen LogP contribution in [-0.4, -0.2) is 36.7 Å². The van der Waals surface area contributed by atoms with Crippen molar-refractivity contribution in [1.82, 2.24) is 30.2 Å². The second-order valence-electron chi connectivity index (χ2n) is 11.3. The molecule has 3 N–H and O–H groups in total. The monoisotopic (exact) mass is 536 g/mol. The molecule has 1 atom stereocenters. The van der Waals surface area contributed by atoms with E-state index in [9.17, 15) is 11.0 Å². The molecule has 40 heavy (non-hydrogen) atoms. The van der Waals surface area contributed by atoms with E-state index in [1.807, 2.05) is 12.1 Å². The largest absolute Gasteiger partial charge is 0.383 e. The molecule has 0 aliphatic heterocycles. The summed E-state index contributed by atoms with van der Waals surface area (Å²) in [6.07, 6.45) is 8.88. The summed E-state index contributed by atoms with van der Waals surface area (Å²) in [7, 11) is 0. The van der Waals surface area contributed by atoms with Gasteiger partial charge in [0.15, 0.2) is 0 Å². The lowest BCUT2D eigenvalue weighted by atomic mass is 9.95. The van der Waals surface area contributed by atoms with E-state index in [1.165, 1.54) is 12.1 Å². The molecule has 9 nitrogen and oxygen atoms in total. The standard InChI is InChI=1S/C30H30FN9/c1-30(2,3)17-34-27-19(12-32)13-33-29-24(20-14-35-36-15-20)10-22(11-25(27)29)37-28(18-4-6-21(31)7-5-18)26-16-40(39-38-26)23-8-9-23/h4-7,10-11,13-16,23,28,37H,8-9,17H2,1-3H3,(H,33,34)(H,35,36)/i28D. The normalized spacial score (nSPS) is 15.3. The number of fused-ring (bicyclic) bond motifs is 1. The summed E-state index contributed by atoms with van der Waals surface area (Å²) in [4.78, 5) is 4.66. The van der Waals surface area contributed by atoms with Crippen molar-refractivity contribution in [3.05, 3.63) is 83.8 Å². The average molecular weight is 537 g/mol. The van der Waals surface area contributed by atoms with Crippen LogP contribution in [0.2, 0.25) is 0 Å². The van der Waals surface area contributed by atoms with Gasteiger partial charge in [-0.3, -0.25) is 10.1 Å². The second kappa shape index (κ2) is 10.1. The maximum absolute atomic E-state index is 13.9. The van der Waals surface area contributed by atoms with Gasteiger partial charge in [-0.2, -0.15) is 10.4 Å². The molecule has 6 rings (SSSR count). The average Bonchev–Trinajstić information content (AvgIpc) is 3.42. The molecule has 1 unspecified atom stereocenters. The highest BCUT2D eigenvalue weighted by atomic mass is 19.1. The first-order chi connectivity index (χ1) is 19.6. The number of nitriles is 1. The van der Waals surface area contributed by atoms with E-state index < -0.39 is 11.8 Å². The Morgan fingerprint density at radius 2 is 2.02 bits per heavy atom. The number of halogens is 1. The summed E-state index contributed by atoms with van der Waals surface area (Å²) in [5.41, 5.74) is 4.77. The quantitative estimate of drug-likeness (QED) is 0.215. The maximum atomic E-state index is 13.9. The van der Waals surface area contributed by atoms with Crippen molar-refractivity contribution in [2.45, 2.75) is 45.7 Å². The van der Waals surface area contributed by atoms with Crippen molar-refractivity contribution >= 4 is 22.3 Å². The van der Waals surface area contributed by atoms with E-state index in [2.05, 4.69) is 63.0 Å². The third kappa shape index (κ3) is 5.23. The number of H-pyrrole nitrogens is 1. The zero-order chi connectivity index (χ0) is 28.8. The van der Waals surface area contributed by atoms with Gasteiger partial charge in [-0.25, -0.2) is 9.07 Å². The Kier molecular flexibility index (Phi) is 6.11. The number of benzene rings is 2. The summed E-state index contributed by atoms with van der Waals surface area (Å²) in [5.74, 6) is -0.393. The number of hydrogen-bond donors (Lipinski definition) is 3. The van der Waals surface area contributed by atoms with E-state index in [0.29, 0.717) is 40.3 Å². The van der Waals surface area contributed by atoms with Crippen molar-refractivity contribution in [3.8, 4) is 17.2 Å². The van der Waals surface area contributed by atoms with Crippen LogP contribution < -0.4 is 10.6 Å². The lowest BCUT2D eigenvalue weighted by Crippen LogP contribution is -2.20. The van der Waals surface area contributed by atoms with Gasteiger partial charge >= 0.3 is 0 Å². The zero-order valence-electron chi connectivity index (χ0n) is 23.5. The number of pyridine rings is 1. The van der Waals surface area contributed by atoms with Gasteiger partial charge in [-0.1, -0.05) is 38.1 Å². The number of anilines is 2. The second-order valence-corrected chi connectivity index (χ2v) is 11.3. The Morgan fingerprint density at radius 3 is 2.70 bits per heavy atom. The molecule has 0 radical (unpaired) electrons. The summed E-state index contributed by atoms with van der Waals surface area (Å²) in [6.45, 7) is 6.98. The first-order valence-electron chi connectivity index (χ1n) is 13.7. The van der Waals surface area contributed by atoms with E-state index >= 15 is 0 Å². The van der Waals surface area contributed by atoms with Crippen LogP contribution in [-0.2, 0) is 0 Å². The highest BCUT2D eigenvalue weighted by molar-refractivity contribution is 6.04. The van der Waals surface area contributed by atoms with Gasteiger partial charge in [0.2, 0.25) is 0 Å². The Balaban J connectivity index is 1.54. The Morgan fingerprint density at radius 1 is 1.23 bits per heavy atom. The predicted octanol–water partition coefficient (Wildman–Crippen LogP) is 6.22. The number of nitrogens with zero attached hydrogens (tertiary/aromatic N) is 6. The lowest BCUT2D eigenvalue weighted by Gasteiger charge is -2.23. The van der Waals surface area contributed by atoms with Crippen molar-refractivity contribution in [2.75, 3.05) is 17.2 Å². The van der Waals surface area contributed by atoms with Gasteiger partial charge in [0.05, 0.1) is 42.6 Å². The topological polar surface area (TPSA) is 120 Å². The van der Waals surface area contributed by atoms with E-state index in [-0.39, 0.29) is 11.5 Å². The number of hydrogen-bond acceptors (Lipinski definition) is 7. The molecule has 1 saturated carbocycles. The fourth-order valence-corrected chi connectivity index (χ4v) is 4.58. The van der Waals surface area contributed by atoms with Crippen LogP contribution in [0.5, 0.6) is 0 Å². The summed E-state index contributed by atoms with van der Waals surface area (Å²) in [5, 5.41) is 33.2. The van der Waals surface area contributed by atoms with Gasteiger partial charge in [0.25, 0.3) is 0 Å². The van der Waals surface area contributed by atoms with Crippen LogP contribution in [0.1, 0.15) is 63.9 Å². The zero-order valence-corrected chi connectivity index (χ0v) is 22.5. The molecule has 2 aromatic carbocycles. The highest BCUT2D eigenvalue weighted by Gasteiger charge is 2.27. The molecular formula is C30H30FN9. The Hall–Kier alpha value is -4.78. The van der Waals surface area contributed by atoms with Crippen molar-refractivity contribution < 1.29 is 5.76 Å². The van der Waals surface area contributed by atoms with Crippen molar-refractivity contribution in [2.24, 2.45) is 5.41 Å². The van der Waals surface area contributed by atoms with Crippen LogP contribution in [0.25, 0.3) is 22.0 Å². The molecule has 3 heterocycles. The molecule has 0 saturated heterocycles. The third-order valence-electron chi connectivity index (χ3n) is 6.79. The third-order valence-corrected chi connectivity index (χ3v) is 6.79. The van der Waals surface area contributed by atoms with Gasteiger partial charge in [0.1, 0.15) is 17.6 Å². The minimum absolute atomic E-state index is 0.0438. The minimum atomic E-state index is -1.60. The van der Waals surface area contributed by atoms with Gasteiger partial charge in [0, 0.05) is 41.1 Å². The molecule has 1 aliphatic carbocycles. The van der Waals surface area contributed by atoms with Gasteiger partial charge in [-0.15, -0.1) is 5.10 Å². The van der Waals surface area contributed by atoms with E-state index in [0.717, 1.165) is 29.4 Å². The molecule has 0 amide bonds. The van der Waals surface area contributed by atoms with Crippen LogP contribution in [0.4, 0.5) is 15.8 Å². The molecule has 10 heteroatoms. The predicted molar refractivity (Wildman–Crippen MR) is 152 cm³/mol. The van der Waals surface area contributed by atoms with Gasteiger partial charge < -0.3 is 10.6 Å². The Labute approximate surface area is 232 Å². The molecule has 1 aliphatic rings. The maximum Gasteiger partial charge on any atom is 0.123 e. The number of aromatic amines is 1. The van der Waals surface area contributed by atoms with Crippen LogP contribution in [0, 0.1) is 22.6 Å². The van der Waals surface area contributed by atoms with Crippen molar-refractivity contribution in [1.29, 1.82) is 5.26 Å². The van der Waals surface area contributed by atoms with Crippen LogP contribution in [0.3, 0.4) is 0 Å². The fraction of sp³-hybridized carbons (Fsp3) is 0.300. The molecule has 202 valence electrons. The SMILES string of the molecule is [2H]C(Nc1cc(-c2cn[nH]c2)c2ncc(C#N)c(NCC(C)(C)C)c2c1)(c1ccc(F)cc1)c1cn(C2CC2)nn1.